The van der Waals surface area contributed by atoms with Crippen molar-refractivity contribution in [3.05, 3.63) is 53.5 Å². The number of piperidine rings is 1. The standard InChI is InChI=1S/C20H18FN3O4/c21-13-5-4-6-14(11-13)24-19(26)16(18(25)22-20(24)27)12-15-7-8-17(28-15)23-9-2-1-3-10-23/h4-8,11-12H,1-3,9-10H2,(H,22,25,27)/b16-12-. The Morgan fingerprint density at radius 1 is 1.04 bits per heavy atom. The van der Waals surface area contributed by atoms with Crippen molar-refractivity contribution in [2.24, 2.45) is 0 Å². The summed E-state index contributed by atoms with van der Waals surface area (Å²) < 4.78 is 19.3. The van der Waals surface area contributed by atoms with E-state index in [-0.39, 0.29) is 11.3 Å². The Kier molecular flexibility index (Phi) is 4.68. The Labute approximate surface area is 160 Å². The van der Waals surface area contributed by atoms with E-state index in [0.29, 0.717) is 11.6 Å². The summed E-state index contributed by atoms with van der Waals surface area (Å²) in [5, 5.41) is 2.10. The third-order valence-electron chi connectivity index (χ3n) is 4.74. The van der Waals surface area contributed by atoms with Crippen LogP contribution in [0, 0.1) is 5.82 Å². The van der Waals surface area contributed by atoms with Gasteiger partial charge in [0, 0.05) is 19.2 Å². The maximum atomic E-state index is 13.5. The molecule has 1 N–H and O–H groups in total. The molecule has 3 heterocycles. The van der Waals surface area contributed by atoms with Crippen molar-refractivity contribution < 1.29 is 23.2 Å². The van der Waals surface area contributed by atoms with Gasteiger partial charge >= 0.3 is 6.03 Å². The minimum absolute atomic E-state index is 0.0364. The Balaban J connectivity index is 1.63. The fourth-order valence-electron chi connectivity index (χ4n) is 3.35. The number of hydrogen-bond donors (Lipinski definition) is 1. The number of hydrogen-bond acceptors (Lipinski definition) is 5. The van der Waals surface area contributed by atoms with E-state index in [4.69, 9.17) is 4.42 Å². The Morgan fingerprint density at radius 3 is 2.57 bits per heavy atom. The van der Waals surface area contributed by atoms with Crippen molar-refractivity contribution in [1.82, 2.24) is 5.32 Å². The number of rotatable bonds is 3. The lowest BCUT2D eigenvalue weighted by molar-refractivity contribution is -0.122. The highest BCUT2D eigenvalue weighted by Crippen LogP contribution is 2.26. The highest BCUT2D eigenvalue weighted by Gasteiger charge is 2.37. The van der Waals surface area contributed by atoms with Crippen molar-refractivity contribution in [3.8, 4) is 0 Å². The molecule has 0 bridgehead atoms. The van der Waals surface area contributed by atoms with Crippen LogP contribution in [0.15, 0.2) is 46.4 Å². The largest absolute Gasteiger partial charge is 0.441 e. The van der Waals surface area contributed by atoms with Crippen molar-refractivity contribution in [2.45, 2.75) is 19.3 Å². The molecule has 0 unspecified atom stereocenters. The van der Waals surface area contributed by atoms with Crippen LogP contribution >= 0.6 is 0 Å². The summed E-state index contributed by atoms with van der Waals surface area (Å²) in [5.41, 5.74) is -0.224. The Hall–Kier alpha value is -3.42. The molecule has 0 spiro atoms. The molecule has 0 aliphatic carbocycles. The average molecular weight is 383 g/mol. The zero-order chi connectivity index (χ0) is 19.7. The molecule has 1 aromatic heterocycles. The minimum Gasteiger partial charge on any atom is -0.441 e. The summed E-state index contributed by atoms with van der Waals surface area (Å²) in [6.45, 7) is 1.79. The molecule has 2 saturated heterocycles. The zero-order valence-electron chi connectivity index (χ0n) is 15.0. The van der Waals surface area contributed by atoms with E-state index in [1.54, 1.807) is 12.1 Å². The van der Waals surface area contributed by atoms with Gasteiger partial charge in [0.1, 0.15) is 17.2 Å². The first-order chi connectivity index (χ1) is 13.5. The monoisotopic (exact) mass is 383 g/mol. The third kappa shape index (κ3) is 3.40. The number of nitrogens with zero attached hydrogens (tertiary/aromatic N) is 2. The van der Waals surface area contributed by atoms with Gasteiger partial charge in [0.05, 0.1) is 5.69 Å². The van der Waals surface area contributed by atoms with Gasteiger partial charge in [-0.1, -0.05) is 6.07 Å². The van der Waals surface area contributed by atoms with Gasteiger partial charge in [0.15, 0.2) is 5.88 Å². The fraction of sp³-hybridized carbons (Fsp3) is 0.250. The van der Waals surface area contributed by atoms with Gasteiger partial charge in [-0.15, -0.1) is 0 Å². The molecule has 144 valence electrons. The third-order valence-corrected chi connectivity index (χ3v) is 4.74. The SMILES string of the molecule is O=C1NC(=O)N(c2cccc(F)c2)C(=O)/C1=C\c1ccc(N2CCCCC2)o1. The zero-order valence-corrected chi connectivity index (χ0v) is 15.0. The van der Waals surface area contributed by atoms with E-state index in [9.17, 15) is 18.8 Å². The lowest BCUT2D eigenvalue weighted by Crippen LogP contribution is -2.54. The number of furan rings is 1. The molecule has 4 rings (SSSR count). The predicted octanol–water partition coefficient (Wildman–Crippen LogP) is 3.08. The van der Waals surface area contributed by atoms with Crippen molar-refractivity contribution in [1.29, 1.82) is 0 Å². The quantitative estimate of drug-likeness (QED) is 0.651. The van der Waals surface area contributed by atoms with Crippen LogP contribution in [-0.2, 0) is 9.59 Å². The highest BCUT2D eigenvalue weighted by molar-refractivity contribution is 6.39. The summed E-state index contributed by atoms with van der Waals surface area (Å²) in [5.74, 6) is -1.26. The van der Waals surface area contributed by atoms with Gasteiger partial charge in [-0.25, -0.2) is 14.1 Å². The molecular weight excluding hydrogens is 365 g/mol. The molecule has 0 atom stereocenters. The summed E-state index contributed by atoms with van der Waals surface area (Å²) in [6, 6.07) is 7.57. The first-order valence-corrected chi connectivity index (χ1v) is 9.05. The van der Waals surface area contributed by atoms with E-state index in [1.807, 2.05) is 0 Å². The number of barbiturate groups is 1. The van der Waals surface area contributed by atoms with Crippen molar-refractivity contribution in [3.63, 3.8) is 0 Å². The van der Waals surface area contributed by atoms with Gasteiger partial charge in [0.25, 0.3) is 11.8 Å². The minimum atomic E-state index is -0.925. The summed E-state index contributed by atoms with van der Waals surface area (Å²) >= 11 is 0. The van der Waals surface area contributed by atoms with Crippen LogP contribution < -0.4 is 15.1 Å². The molecule has 8 heteroatoms. The predicted molar refractivity (Wildman–Crippen MR) is 100 cm³/mol. The number of urea groups is 1. The molecule has 0 saturated carbocycles. The first kappa shape index (κ1) is 18.0. The second-order valence-corrected chi connectivity index (χ2v) is 6.66. The highest BCUT2D eigenvalue weighted by atomic mass is 19.1. The van der Waals surface area contributed by atoms with Gasteiger partial charge in [-0.3, -0.25) is 14.9 Å². The van der Waals surface area contributed by atoms with E-state index in [0.717, 1.165) is 36.9 Å². The Morgan fingerprint density at radius 2 is 1.82 bits per heavy atom. The number of carbonyl (C=O) groups is 3. The van der Waals surface area contributed by atoms with Gasteiger partial charge in [0.2, 0.25) is 0 Å². The number of halogens is 1. The number of nitrogens with one attached hydrogen (secondary N) is 1. The molecule has 2 fully saturated rings. The van der Waals surface area contributed by atoms with Crippen molar-refractivity contribution >= 4 is 35.5 Å². The first-order valence-electron chi connectivity index (χ1n) is 9.05. The normalized spacial score (nSPS) is 19.3. The lowest BCUT2D eigenvalue weighted by Gasteiger charge is -2.26. The number of benzene rings is 1. The smallest absolute Gasteiger partial charge is 0.335 e. The lowest BCUT2D eigenvalue weighted by atomic mass is 10.1. The van der Waals surface area contributed by atoms with Crippen LogP contribution in [0.5, 0.6) is 0 Å². The van der Waals surface area contributed by atoms with Crippen molar-refractivity contribution in [2.75, 3.05) is 22.9 Å². The van der Waals surface area contributed by atoms with Crippen LogP contribution in [0.3, 0.4) is 0 Å². The number of amides is 4. The topological polar surface area (TPSA) is 82.9 Å². The molecule has 1 aromatic carbocycles. The van der Waals surface area contributed by atoms with E-state index < -0.39 is 23.7 Å². The summed E-state index contributed by atoms with van der Waals surface area (Å²) in [7, 11) is 0. The molecule has 2 aliphatic rings. The maximum absolute atomic E-state index is 13.5. The number of carbonyl (C=O) groups excluding carboxylic acids is 3. The number of anilines is 2. The molecule has 28 heavy (non-hydrogen) atoms. The second-order valence-electron chi connectivity index (χ2n) is 6.66. The van der Waals surface area contributed by atoms with Gasteiger partial charge in [-0.05, 0) is 49.6 Å². The van der Waals surface area contributed by atoms with Crippen LogP contribution in [-0.4, -0.2) is 30.9 Å². The fourth-order valence-corrected chi connectivity index (χ4v) is 3.35. The molecule has 4 amide bonds. The van der Waals surface area contributed by atoms with Crippen LogP contribution in [0.25, 0.3) is 6.08 Å². The van der Waals surface area contributed by atoms with Gasteiger partial charge in [-0.2, -0.15) is 0 Å². The van der Waals surface area contributed by atoms with Crippen LogP contribution in [0.4, 0.5) is 20.8 Å². The number of imide groups is 2. The second kappa shape index (κ2) is 7.30. The molecule has 7 nitrogen and oxygen atoms in total. The van der Waals surface area contributed by atoms with E-state index >= 15 is 0 Å². The molecular formula is C20H18FN3O4. The average Bonchev–Trinajstić information content (AvgIpc) is 3.14. The van der Waals surface area contributed by atoms with E-state index in [1.165, 1.54) is 30.7 Å². The maximum Gasteiger partial charge on any atom is 0.335 e. The Bertz CT molecular complexity index is 975. The molecule has 2 aromatic rings. The van der Waals surface area contributed by atoms with E-state index in [2.05, 4.69) is 10.2 Å². The molecule has 0 radical (unpaired) electrons. The molecule has 2 aliphatic heterocycles. The van der Waals surface area contributed by atoms with Crippen LogP contribution in [0.2, 0.25) is 0 Å². The van der Waals surface area contributed by atoms with Crippen LogP contribution in [0.1, 0.15) is 25.0 Å². The summed E-state index contributed by atoms with van der Waals surface area (Å²) in [6.07, 6.45) is 4.65. The van der Waals surface area contributed by atoms with Gasteiger partial charge < -0.3 is 9.32 Å². The summed E-state index contributed by atoms with van der Waals surface area (Å²) in [4.78, 5) is 39.9.